The van der Waals surface area contributed by atoms with Gasteiger partial charge in [0.2, 0.25) is 5.91 Å². The summed E-state index contributed by atoms with van der Waals surface area (Å²) in [4.78, 5) is 37.2. The number of benzene rings is 1. The van der Waals surface area contributed by atoms with Gasteiger partial charge in [-0.25, -0.2) is 9.69 Å². The van der Waals surface area contributed by atoms with E-state index >= 15 is 0 Å². The smallest absolute Gasteiger partial charge is 0.416 e. The summed E-state index contributed by atoms with van der Waals surface area (Å²) in [5, 5.41) is 0. The Bertz CT molecular complexity index is 591. The fourth-order valence-corrected chi connectivity index (χ4v) is 2.25. The van der Waals surface area contributed by atoms with Crippen LogP contribution in [-0.4, -0.2) is 35.0 Å². The minimum Gasteiger partial charge on any atom is -0.459 e. The lowest BCUT2D eigenvalue weighted by molar-refractivity contribution is -0.162. The second kappa shape index (κ2) is 6.81. The second-order valence-corrected chi connectivity index (χ2v) is 6.40. The van der Waals surface area contributed by atoms with E-state index in [2.05, 4.69) is 0 Å². The number of imide groups is 1. The van der Waals surface area contributed by atoms with Gasteiger partial charge in [0.15, 0.2) is 0 Å². The van der Waals surface area contributed by atoms with Crippen LogP contribution in [0, 0.1) is 5.92 Å². The number of carbonyl (C=O) groups excluding carboxylic acids is 3. The van der Waals surface area contributed by atoms with Gasteiger partial charge in [-0.3, -0.25) is 9.59 Å². The molecule has 124 valence electrons. The molecular formula is C17H21NO5. The summed E-state index contributed by atoms with van der Waals surface area (Å²) >= 11 is 0. The molecule has 0 aromatic heterocycles. The number of hydrogen-bond acceptors (Lipinski definition) is 5. The predicted octanol–water partition coefficient (Wildman–Crippen LogP) is 2.51. The van der Waals surface area contributed by atoms with Crippen LogP contribution >= 0.6 is 0 Å². The van der Waals surface area contributed by atoms with E-state index in [9.17, 15) is 14.4 Å². The molecule has 0 spiro atoms. The molecule has 2 amide bonds. The third kappa shape index (κ3) is 4.55. The van der Waals surface area contributed by atoms with E-state index in [4.69, 9.17) is 9.47 Å². The molecule has 1 aliphatic rings. The maximum absolute atomic E-state index is 12.2. The third-order valence-corrected chi connectivity index (χ3v) is 3.32. The first-order valence-corrected chi connectivity index (χ1v) is 7.53. The van der Waals surface area contributed by atoms with Crippen LogP contribution in [0.5, 0.6) is 0 Å². The lowest BCUT2D eigenvalue weighted by Gasteiger charge is -2.21. The molecular weight excluding hydrogens is 298 g/mol. The molecule has 1 atom stereocenters. The van der Waals surface area contributed by atoms with E-state index in [1.54, 1.807) is 20.8 Å². The summed E-state index contributed by atoms with van der Waals surface area (Å²) in [6, 6.07) is 9.18. The van der Waals surface area contributed by atoms with E-state index in [1.807, 2.05) is 30.3 Å². The number of rotatable bonds is 3. The zero-order valence-corrected chi connectivity index (χ0v) is 13.6. The molecule has 1 aromatic rings. The van der Waals surface area contributed by atoms with Crippen LogP contribution in [0.1, 0.15) is 32.8 Å². The number of likely N-dealkylation sites (tertiary alicyclic amines) is 1. The van der Waals surface area contributed by atoms with Gasteiger partial charge < -0.3 is 9.47 Å². The molecule has 0 bridgehead atoms. The van der Waals surface area contributed by atoms with Crippen molar-refractivity contribution in [3.05, 3.63) is 35.9 Å². The van der Waals surface area contributed by atoms with Crippen molar-refractivity contribution in [2.75, 3.05) is 6.54 Å². The first-order valence-electron chi connectivity index (χ1n) is 7.53. The zero-order valence-electron chi connectivity index (χ0n) is 13.6. The molecule has 23 heavy (non-hydrogen) atoms. The van der Waals surface area contributed by atoms with Crippen LogP contribution in [0.3, 0.4) is 0 Å². The van der Waals surface area contributed by atoms with Crippen molar-refractivity contribution in [3.63, 3.8) is 0 Å². The maximum atomic E-state index is 12.2. The first kappa shape index (κ1) is 17.0. The average Bonchev–Trinajstić information content (AvgIpc) is 2.86. The first-order chi connectivity index (χ1) is 10.8. The van der Waals surface area contributed by atoms with Crippen LogP contribution < -0.4 is 0 Å². The van der Waals surface area contributed by atoms with Gasteiger partial charge >= 0.3 is 12.1 Å². The third-order valence-electron chi connectivity index (χ3n) is 3.32. The number of esters is 1. The molecule has 0 N–H and O–H groups in total. The largest absolute Gasteiger partial charge is 0.459 e. The molecule has 6 nitrogen and oxygen atoms in total. The highest BCUT2D eigenvalue weighted by Gasteiger charge is 2.42. The van der Waals surface area contributed by atoms with Crippen molar-refractivity contribution >= 4 is 18.0 Å². The Morgan fingerprint density at radius 2 is 1.87 bits per heavy atom. The fourth-order valence-electron chi connectivity index (χ4n) is 2.25. The Balaban J connectivity index is 1.90. The summed E-state index contributed by atoms with van der Waals surface area (Å²) in [7, 11) is 0. The standard InChI is InChI=1S/C17H21NO5/c1-17(2,3)23-15(20)13-9-10-18(14(13)19)16(21)22-11-12-7-5-4-6-8-12/h4-8,13H,9-11H2,1-3H3. The van der Waals surface area contributed by atoms with Crippen molar-refractivity contribution in [1.29, 1.82) is 0 Å². The lowest BCUT2D eigenvalue weighted by atomic mass is 10.1. The molecule has 6 heteroatoms. The molecule has 1 aliphatic heterocycles. The average molecular weight is 319 g/mol. The van der Waals surface area contributed by atoms with Gasteiger partial charge in [0.1, 0.15) is 18.1 Å². The molecule has 0 aliphatic carbocycles. The highest BCUT2D eigenvalue weighted by atomic mass is 16.6. The number of nitrogens with zero attached hydrogens (tertiary/aromatic N) is 1. The Morgan fingerprint density at radius 3 is 2.48 bits per heavy atom. The quantitative estimate of drug-likeness (QED) is 0.632. The normalized spacial score (nSPS) is 18.0. The molecule has 1 heterocycles. The van der Waals surface area contributed by atoms with Gasteiger partial charge in [-0.05, 0) is 32.8 Å². The van der Waals surface area contributed by atoms with E-state index in [0.717, 1.165) is 10.5 Å². The minimum atomic E-state index is -0.932. The van der Waals surface area contributed by atoms with Crippen LogP contribution in [0.15, 0.2) is 30.3 Å². The fraction of sp³-hybridized carbons (Fsp3) is 0.471. The highest BCUT2D eigenvalue weighted by Crippen LogP contribution is 2.23. The van der Waals surface area contributed by atoms with Gasteiger partial charge in [-0.15, -0.1) is 0 Å². The molecule has 1 unspecified atom stereocenters. The predicted molar refractivity (Wildman–Crippen MR) is 82.3 cm³/mol. The number of ether oxygens (including phenoxy) is 2. The Hall–Kier alpha value is -2.37. The molecule has 0 saturated carbocycles. The Kier molecular flexibility index (Phi) is 5.03. The van der Waals surface area contributed by atoms with Crippen molar-refractivity contribution in [2.45, 2.75) is 39.4 Å². The number of amides is 2. The van der Waals surface area contributed by atoms with Gasteiger partial charge in [-0.2, -0.15) is 0 Å². The van der Waals surface area contributed by atoms with E-state index < -0.39 is 29.5 Å². The van der Waals surface area contributed by atoms with Crippen LogP contribution in [0.25, 0.3) is 0 Å². The summed E-state index contributed by atoms with van der Waals surface area (Å²) in [6.07, 6.45) is -0.473. The van der Waals surface area contributed by atoms with E-state index in [-0.39, 0.29) is 19.6 Å². The van der Waals surface area contributed by atoms with Gasteiger partial charge in [0.05, 0.1) is 0 Å². The van der Waals surface area contributed by atoms with Crippen molar-refractivity contribution in [3.8, 4) is 0 Å². The highest BCUT2D eigenvalue weighted by molar-refractivity contribution is 6.05. The molecule has 1 saturated heterocycles. The van der Waals surface area contributed by atoms with Crippen molar-refractivity contribution in [2.24, 2.45) is 5.92 Å². The molecule has 1 fully saturated rings. The van der Waals surface area contributed by atoms with Crippen molar-refractivity contribution in [1.82, 2.24) is 4.90 Å². The topological polar surface area (TPSA) is 72.9 Å². The molecule has 0 radical (unpaired) electrons. The second-order valence-electron chi connectivity index (χ2n) is 6.40. The van der Waals surface area contributed by atoms with Crippen LogP contribution in [0.4, 0.5) is 4.79 Å². The van der Waals surface area contributed by atoms with Crippen LogP contribution in [-0.2, 0) is 25.7 Å². The Morgan fingerprint density at radius 1 is 1.22 bits per heavy atom. The van der Waals surface area contributed by atoms with E-state index in [0.29, 0.717) is 0 Å². The minimum absolute atomic E-state index is 0.0839. The van der Waals surface area contributed by atoms with Gasteiger partial charge in [0, 0.05) is 6.54 Å². The summed E-state index contributed by atoms with van der Waals surface area (Å²) in [5.41, 5.74) is 0.162. The molecule has 1 aromatic carbocycles. The van der Waals surface area contributed by atoms with Crippen molar-refractivity contribution < 1.29 is 23.9 Å². The SMILES string of the molecule is CC(C)(C)OC(=O)C1CCN(C(=O)OCc2ccccc2)C1=O. The van der Waals surface area contributed by atoms with E-state index in [1.165, 1.54) is 0 Å². The Labute approximate surface area is 135 Å². The van der Waals surface area contributed by atoms with Crippen LogP contribution in [0.2, 0.25) is 0 Å². The molecule has 2 rings (SSSR count). The lowest BCUT2D eigenvalue weighted by Crippen LogP contribution is -2.37. The summed E-state index contributed by atoms with van der Waals surface area (Å²) < 4.78 is 10.3. The van der Waals surface area contributed by atoms with Gasteiger partial charge in [-0.1, -0.05) is 30.3 Å². The zero-order chi connectivity index (χ0) is 17.0. The number of carbonyl (C=O) groups is 3. The number of hydrogen-bond donors (Lipinski definition) is 0. The maximum Gasteiger partial charge on any atom is 0.416 e. The van der Waals surface area contributed by atoms with Gasteiger partial charge in [0.25, 0.3) is 0 Å². The summed E-state index contributed by atoms with van der Waals surface area (Å²) in [6.45, 7) is 5.44. The summed E-state index contributed by atoms with van der Waals surface area (Å²) in [5.74, 6) is -2.09. The monoisotopic (exact) mass is 319 g/mol.